The maximum absolute atomic E-state index is 10.6. The first kappa shape index (κ1) is 13.5. The zero-order valence-electron chi connectivity index (χ0n) is 10.5. The van der Waals surface area contributed by atoms with E-state index >= 15 is 0 Å². The third-order valence-electron chi connectivity index (χ3n) is 3.23. The van der Waals surface area contributed by atoms with E-state index < -0.39 is 0 Å². The van der Waals surface area contributed by atoms with E-state index in [1.807, 2.05) is 5.38 Å². The molecular weight excluding hydrogens is 252 g/mol. The van der Waals surface area contributed by atoms with Gasteiger partial charge in [-0.05, 0) is 30.9 Å². The number of hydrogen-bond acceptors (Lipinski definition) is 5. The molecule has 5 nitrogen and oxygen atoms in total. The van der Waals surface area contributed by atoms with E-state index in [-0.39, 0.29) is 9.92 Å². The van der Waals surface area contributed by atoms with Crippen molar-refractivity contribution in [2.24, 2.45) is 5.92 Å². The highest BCUT2D eigenvalue weighted by molar-refractivity contribution is 7.13. The Bertz CT molecular complexity index is 406. The average molecular weight is 270 g/mol. The van der Waals surface area contributed by atoms with Crippen molar-refractivity contribution in [1.29, 1.82) is 0 Å². The zero-order valence-corrected chi connectivity index (χ0v) is 11.3. The van der Waals surface area contributed by atoms with Crippen LogP contribution in [0.4, 0.5) is 5.00 Å². The number of thiophene rings is 1. The van der Waals surface area contributed by atoms with Gasteiger partial charge in [0.25, 0.3) is 0 Å². The summed E-state index contributed by atoms with van der Waals surface area (Å²) in [7, 11) is 1.74. The van der Waals surface area contributed by atoms with Crippen molar-refractivity contribution >= 4 is 16.3 Å². The molecule has 0 aromatic carbocycles. The van der Waals surface area contributed by atoms with Gasteiger partial charge < -0.3 is 4.74 Å². The molecule has 1 saturated heterocycles. The molecule has 1 atom stereocenters. The summed E-state index contributed by atoms with van der Waals surface area (Å²) in [6.45, 7) is 3.71. The lowest BCUT2D eigenvalue weighted by Gasteiger charge is -2.32. The van der Waals surface area contributed by atoms with Gasteiger partial charge in [-0.15, -0.1) is 0 Å². The van der Waals surface area contributed by atoms with E-state index in [9.17, 15) is 10.1 Å². The standard InChI is InChI=1S/C12H18N2O3S/c1-17-8-10-3-2-4-13(6-10)7-11-5-12(14(15)16)18-9-11/h5,9-10H,2-4,6-8H2,1H3/t10-/m1/s1. The molecule has 0 N–H and O–H groups in total. The summed E-state index contributed by atoms with van der Waals surface area (Å²) < 4.78 is 5.20. The van der Waals surface area contributed by atoms with E-state index in [1.165, 1.54) is 24.2 Å². The van der Waals surface area contributed by atoms with Crippen molar-refractivity contribution in [3.63, 3.8) is 0 Å². The van der Waals surface area contributed by atoms with Gasteiger partial charge in [-0.1, -0.05) is 11.3 Å². The fourth-order valence-corrected chi connectivity index (χ4v) is 3.19. The van der Waals surface area contributed by atoms with Crippen LogP contribution in [0.3, 0.4) is 0 Å². The Labute approximate surface area is 111 Å². The maximum atomic E-state index is 10.6. The third kappa shape index (κ3) is 3.51. The van der Waals surface area contributed by atoms with Gasteiger partial charge in [0, 0.05) is 31.6 Å². The van der Waals surface area contributed by atoms with Crippen molar-refractivity contribution in [2.75, 3.05) is 26.8 Å². The quantitative estimate of drug-likeness (QED) is 0.609. The monoisotopic (exact) mass is 270 g/mol. The second kappa shape index (κ2) is 6.26. The van der Waals surface area contributed by atoms with Crippen molar-refractivity contribution < 1.29 is 9.66 Å². The van der Waals surface area contributed by atoms with Crippen molar-refractivity contribution in [2.45, 2.75) is 19.4 Å². The summed E-state index contributed by atoms with van der Waals surface area (Å²) in [5.74, 6) is 0.595. The van der Waals surface area contributed by atoms with Crippen LogP contribution in [0.1, 0.15) is 18.4 Å². The van der Waals surface area contributed by atoms with Gasteiger partial charge in [-0.2, -0.15) is 0 Å². The molecule has 0 aliphatic carbocycles. The van der Waals surface area contributed by atoms with Crippen LogP contribution in [0.15, 0.2) is 11.4 Å². The Morgan fingerprint density at radius 3 is 3.17 bits per heavy atom. The van der Waals surface area contributed by atoms with E-state index in [0.29, 0.717) is 5.92 Å². The Balaban J connectivity index is 1.89. The van der Waals surface area contributed by atoms with Gasteiger partial charge in [0.1, 0.15) is 0 Å². The molecule has 100 valence electrons. The molecule has 2 heterocycles. The van der Waals surface area contributed by atoms with Crippen molar-refractivity contribution in [1.82, 2.24) is 4.90 Å². The molecule has 1 aromatic heterocycles. The van der Waals surface area contributed by atoms with Crippen molar-refractivity contribution in [3.8, 4) is 0 Å². The SMILES string of the molecule is COC[C@@H]1CCCN(Cc2csc([N+](=O)[O-])c2)C1. The third-order valence-corrected chi connectivity index (χ3v) is 4.16. The smallest absolute Gasteiger partial charge is 0.324 e. The highest BCUT2D eigenvalue weighted by atomic mass is 32.1. The topological polar surface area (TPSA) is 55.6 Å². The second-order valence-electron chi connectivity index (χ2n) is 4.75. The Morgan fingerprint density at radius 1 is 1.67 bits per heavy atom. The number of rotatable bonds is 5. The molecule has 0 bridgehead atoms. The highest BCUT2D eigenvalue weighted by Crippen LogP contribution is 2.25. The minimum Gasteiger partial charge on any atom is -0.384 e. The fourth-order valence-electron chi connectivity index (χ4n) is 2.47. The maximum Gasteiger partial charge on any atom is 0.324 e. The normalized spacial score (nSPS) is 21.1. The van der Waals surface area contributed by atoms with Crippen LogP contribution in [0.5, 0.6) is 0 Å². The van der Waals surface area contributed by atoms with Crippen LogP contribution in [-0.2, 0) is 11.3 Å². The Morgan fingerprint density at radius 2 is 2.50 bits per heavy atom. The predicted octanol–water partition coefficient (Wildman–Crippen LogP) is 2.51. The molecule has 0 saturated carbocycles. The summed E-state index contributed by atoms with van der Waals surface area (Å²) in [6.07, 6.45) is 2.40. The van der Waals surface area contributed by atoms with Crippen LogP contribution in [0.2, 0.25) is 0 Å². The molecular formula is C12H18N2O3S. The lowest BCUT2D eigenvalue weighted by molar-refractivity contribution is -0.380. The fraction of sp³-hybridized carbons (Fsp3) is 0.667. The van der Waals surface area contributed by atoms with Crippen LogP contribution in [-0.4, -0.2) is 36.6 Å². The van der Waals surface area contributed by atoms with Crippen LogP contribution in [0.25, 0.3) is 0 Å². The largest absolute Gasteiger partial charge is 0.384 e. The highest BCUT2D eigenvalue weighted by Gasteiger charge is 2.20. The Hall–Kier alpha value is -0.980. The molecule has 0 amide bonds. The number of likely N-dealkylation sites (tertiary alicyclic amines) is 1. The van der Waals surface area contributed by atoms with Crippen LogP contribution >= 0.6 is 11.3 Å². The molecule has 18 heavy (non-hydrogen) atoms. The second-order valence-corrected chi connectivity index (χ2v) is 5.64. The predicted molar refractivity (Wildman–Crippen MR) is 70.9 cm³/mol. The number of ether oxygens (including phenoxy) is 1. The molecule has 1 aliphatic heterocycles. The molecule has 2 rings (SSSR count). The van der Waals surface area contributed by atoms with E-state index in [0.717, 1.165) is 31.8 Å². The molecule has 0 spiro atoms. The molecule has 1 aliphatic rings. The number of piperidine rings is 1. The molecule has 1 aromatic rings. The van der Waals surface area contributed by atoms with Gasteiger partial charge in [-0.25, -0.2) is 0 Å². The lowest BCUT2D eigenvalue weighted by atomic mass is 9.99. The van der Waals surface area contributed by atoms with Gasteiger partial charge in [0.05, 0.1) is 11.5 Å². The van der Waals surface area contributed by atoms with Crippen LogP contribution < -0.4 is 0 Å². The number of hydrogen-bond donors (Lipinski definition) is 0. The average Bonchev–Trinajstić information content (AvgIpc) is 2.78. The minimum absolute atomic E-state index is 0.232. The van der Waals surface area contributed by atoms with Gasteiger partial charge >= 0.3 is 5.00 Å². The zero-order chi connectivity index (χ0) is 13.0. The first-order chi connectivity index (χ1) is 8.69. The number of nitrogens with zero attached hydrogens (tertiary/aromatic N) is 2. The molecule has 0 radical (unpaired) electrons. The first-order valence-corrected chi connectivity index (χ1v) is 7.00. The lowest BCUT2D eigenvalue weighted by Crippen LogP contribution is -2.36. The molecule has 0 unspecified atom stereocenters. The summed E-state index contributed by atoms with van der Waals surface area (Å²) in [5.41, 5.74) is 1.05. The molecule has 1 fully saturated rings. The van der Waals surface area contributed by atoms with E-state index in [4.69, 9.17) is 4.74 Å². The van der Waals surface area contributed by atoms with Crippen LogP contribution in [0, 0.1) is 16.0 Å². The number of nitro groups is 1. The minimum atomic E-state index is -0.321. The summed E-state index contributed by atoms with van der Waals surface area (Å²) in [4.78, 5) is 12.7. The van der Waals surface area contributed by atoms with Crippen molar-refractivity contribution in [3.05, 3.63) is 27.1 Å². The molecule has 6 heteroatoms. The summed E-state index contributed by atoms with van der Waals surface area (Å²) >= 11 is 1.21. The Kier molecular flexibility index (Phi) is 4.68. The summed E-state index contributed by atoms with van der Waals surface area (Å²) in [5, 5.41) is 12.7. The van der Waals surface area contributed by atoms with Gasteiger partial charge in [0.15, 0.2) is 0 Å². The summed E-state index contributed by atoms with van der Waals surface area (Å²) in [6, 6.07) is 1.69. The van der Waals surface area contributed by atoms with Gasteiger partial charge in [0.2, 0.25) is 0 Å². The van der Waals surface area contributed by atoms with E-state index in [1.54, 1.807) is 13.2 Å². The first-order valence-electron chi connectivity index (χ1n) is 6.12. The van der Waals surface area contributed by atoms with Gasteiger partial charge in [-0.3, -0.25) is 15.0 Å². The van der Waals surface area contributed by atoms with E-state index in [2.05, 4.69) is 4.90 Å². The number of methoxy groups -OCH3 is 1.